The number of hydrogen-bond acceptors (Lipinski definition) is 1. The van der Waals surface area contributed by atoms with Crippen LogP contribution in [0.25, 0.3) is 28.1 Å². The first-order valence-electron chi connectivity index (χ1n) is 23.8. The Kier molecular flexibility index (Phi) is 9.94. The van der Waals surface area contributed by atoms with Crippen LogP contribution in [0.4, 0.5) is 0 Å². The summed E-state index contributed by atoms with van der Waals surface area (Å²) in [5.41, 5.74) is 19.8. The van der Waals surface area contributed by atoms with Gasteiger partial charge in [-0.1, -0.05) is 212 Å². The maximum atomic E-state index is 5.81. The molecule has 13 rings (SSSR count). The van der Waals surface area contributed by atoms with Crippen LogP contribution in [0.2, 0.25) is 0 Å². The largest absolute Gasteiger partial charge is 0.339 e. The van der Waals surface area contributed by atoms with Gasteiger partial charge in [-0.15, -0.1) is 0 Å². The van der Waals surface area contributed by atoms with E-state index in [0.717, 1.165) is 95.1 Å². The molecule has 1 unspecified atom stereocenters. The van der Waals surface area contributed by atoms with Crippen LogP contribution in [0.3, 0.4) is 0 Å². The lowest BCUT2D eigenvalue weighted by Crippen LogP contribution is -2.31. The van der Waals surface area contributed by atoms with Gasteiger partial charge in [-0.3, -0.25) is 4.99 Å². The first-order valence-corrected chi connectivity index (χ1v) is 23.8. The fraction of sp³-hybridized carbons (Fsp3) is 0.0308. The zero-order valence-corrected chi connectivity index (χ0v) is 37.9. The van der Waals surface area contributed by atoms with Gasteiger partial charge in [0.1, 0.15) is 0 Å². The minimum Gasteiger partial charge on any atom is -0.339 e. The summed E-state index contributed by atoms with van der Waals surface area (Å²) in [7, 11) is 0. The fourth-order valence-electron chi connectivity index (χ4n) is 10.9. The standard InChI is InChI=1S/C65H46N4/c1-8-22-45(23-9-1)44-67-54-38-39-55(67)62(48-28-14-4-15-29-48)57-42-43-59-63(49-30-16-5-17-31-49)58-41-40-56(68(58)64(50-32-18-6-19-33-50)65(69(57)59)51-34-20-7-21-35-51)61(47-26-12-3-13-27-47)53-37-36-52(66-53)60(54)46-24-10-2-11-25-46/h1-43,60H,44H2/b61-53+,62-57-. The average molecular weight is 883 g/mol. The molecule has 0 saturated carbocycles. The lowest BCUT2D eigenvalue weighted by atomic mass is 9.90. The van der Waals surface area contributed by atoms with E-state index >= 15 is 0 Å². The number of fused-ring (bicyclic) bond motifs is 3. The molecule has 4 heteroatoms. The zero-order valence-electron chi connectivity index (χ0n) is 37.9. The summed E-state index contributed by atoms with van der Waals surface area (Å²) in [5.74, 6) is -0.176. The third-order valence-corrected chi connectivity index (χ3v) is 13.8. The van der Waals surface area contributed by atoms with Crippen LogP contribution >= 0.6 is 0 Å². The number of hydrogen-bond donors (Lipinski definition) is 0. The Bertz CT molecular complexity index is 3790. The summed E-state index contributed by atoms with van der Waals surface area (Å²) < 4.78 is 7.68. The van der Waals surface area contributed by atoms with Crippen LogP contribution in [-0.4, -0.2) is 19.4 Å². The Labute approximate surface area is 402 Å². The second-order valence-electron chi connectivity index (χ2n) is 17.8. The molecule has 0 radical (unpaired) electrons. The van der Waals surface area contributed by atoms with E-state index in [4.69, 9.17) is 4.99 Å². The van der Waals surface area contributed by atoms with Crippen LogP contribution in [0, 0.1) is 0 Å². The van der Waals surface area contributed by atoms with E-state index in [-0.39, 0.29) is 5.92 Å². The highest BCUT2D eigenvalue weighted by atomic mass is 15.1. The monoisotopic (exact) mass is 882 g/mol. The maximum Gasteiger partial charge on any atom is 0.0782 e. The normalized spacial score (nSPS) is 16.8. The number of aliphatic imine (C=N–C) groups is 1. The minimum atomic E-state index is -0.176. The van der Waals surface area contributed by atoms with Crippen molar-refractivity contribution in [3.8, 4) is 0 Å². The van der Waals surface area contributed by atoms with Crippen LogP contribution < -0.4 is 10.7 Å². The van der Waals surface area contributed by atoms with Gasteiger partial charge in [0.05, 0.1) is 56.5 Å². The van der Waals surface area contributed by atoms with E-state index in [1.807, 2.05) is 0 Å². The number of rotatable bonds is 8. The summed E-state index contributed by atoms with van der Waals surface area (Å²) in [5, 5.41) is 2.20. The lowest BCUT2D eigenvalue weighted by Gasteiger charge is -2.24. The van der Waals surface area contributed by atoms with E-state index in [9.17, 15) is 0 Å². The van der Waals surface area contributed by atoms with Crippen molar-refractivity contribution in [2.24, 2.45) is 4.99 Å². The topological polar surface area (TPSA) is 27.1 Å². The Balaban J connectivity index is 1.31. The molecule has 4 nitrogen and oxygen atoms in total. The first-order chi connectivity index (χ1) is 34.3. The van der Waals surface area contributed by atoms with Crippen molar-refractivity contribution in [1.29, 1.82) is 0 Å². The number of allylic oxidation sites excluding steroid dienone is 2. The van der Waals surface area contributed by atoms with Crippen molar-refractivity contribution < 1.29 is 0 Å². The van der Waals surface area contributed by atoms with E-state index in [2.05, 4.69) is 275 Å². The molecule has 3 aliphatic heterocycles. The van der Waals surface area contributed by atoms with Gasteiger partial charge in [-0.05, 0) is 76.4 Å². The predicted octanol–water partition coefficient (Wildman–Crippen LogP) is 12.8. The molecule has 1 atom stereocenters. The lowest BCUT2D eigenvalue weighted by molar-refractivity contribution is 0.735. The number of aromatic nitrogens is 3. The molecule has 326 valence electrons. The highest BCUT2D eigenvalue weighted by molar-refractivity contribution is 6.07. The van der Waals surface area contributed by atoms with Crippen LogP contribution in [0.15, 0.2) is 272 Å². The van der Waals surface area contributed by atoms with E-state index < -0.39 is 0 Å². The molecule has 7 aromatic carbocycles. The first kappa shape index (κ1) is 40.3. The molecule has 0 spiro atoms. The highest BCUT2D eigenvalue weighted by Crippen LogP contribution is 2.43. The molecule has 10 aromatic rings. The van der Waals surface area contributed by atoms with Crippen molar-refractivity contribution in [2.45, 2.75) is 12.5 Å². The van der Waals surface area contributed by atoms with E-state index in [0.29, 0.717) is 6.54 Å². The third kappa shape index (κ3) is 6.88. The highest BCUT2D eigenvalue weighted by Gasteiger charge is 2.33. The third-order valence-electron chi connectivity index (χ3n) is 13.8. The van der Waals surface area contributed by atoms with E-state index in [1.165, 1.54) is 16.8 Å². The quantitative estimate of drug-likeness (QED) is 0.145. The summed E-state index contributed by atoms with van der Waals surface area (Å²) in [4.78, 5) is 5.81. The molecule has 0 N–H and O–H groups in total. The smallest absolute Gasteiger partial charge is 0.0782 e. The molecule has 0 aliphatic carbocycles. The van der Waals surface area contributed by atoms with Gasteiger partial charge >= 0.3 is 0 Å². The molecule has 3 aliphatic rings. The summed E-state index contributed by atoms with van der Waals surface area (Å²) in [6.45, 7) is 0.659. The van der Waals surface area contributed by atoms with Crippen molar-refractivity contribution in [3.63, 3.8) is 0 Å². The van der Waals surface area contributed by atoms with Gasteiger partial charge in [0, 0.05) is 40.1 Å². The van der Waals surface area contributed by atoms with Crippen molar-refractivity contribution in [3.05, 3.63) is 339 Å². The molecule has 0 amide bonds. The van der Waals surface area contributed by atoms with Gasteiger partial charge in [0.2, 0.25) is 0 Å². The fourth-order valence-corrected chi connectivity index (χ4v) is 10.9. The van der Waals surface area contributed by atoms with Crippen LogP contribution in [-0.2, 0) is 6.54 Å². The average Bonchev–Trinajstić information content (AvgIpc) is 4.23. The molecular formula is C65H46N4. The van der Waals surface area contributed by atoms with Crippen LogP contribution in [0.1, 0.15) is 67.6 Å². The Morgan fingerprint density at radius 2 is 0.768 bits per heavy atom. The maximum absolute atomic E-state index is 5.81. The van der Waals surface area contributed by atoms with Gasteiger partial charge < -0.3 is 13.7 Å². The van der Waals surface area contributed by atoms with E-state index in [1.54, 1.807) is 0 Å². The van der Waals surface area contributed by atoms with Crippen molar-refractivity contribution in [1.82, 2.24) is 13.7 Å². The summed E-state index contributed by atoms with van der Waals surface area (Å²) in [6.07, 6.45) is 4.51. The summed E-state index contributed by atoms with van der Waals surface area (Å²) >= 11 is 0. The van der Waals surface area contributed by atoms with Gasteiger partial charge in [-0.2, -0.15) is 0 Å². The Morgan fingerprint density at radius 3 is 1.30 bits per heavy atom. The Hall–Kier alpha value is -8.99. The second kappa shape index (κ2) is 17.0. The number of benzene rings is 7. The molecular weight excluding hydrogens is 837 g/mol. The molecule has 0 fully saturated rings. The molecule has 3 aromatic heterocycles. The predicted molar refractivity (Wildman–Crippen MR) is 282 cm³/mol. The van der Waals surface area contributed by atoms with Gasteiger partial charge in [0.15, 0.2) is 0 Å². The SMILES string of the molecule is C1=C/C2=C(/c3ccccc3)c3ccc4n3C(c3ccccc3)=C(c3ccccc3)n3c(cc/c3=C(\c3ccccc3)c3ccc(n3Cc3ccccc3)C(c3ccccc3)C1=N2)=C4c1ccccc1. The zero-order chi connectivity index (χ0) is 45.7. The van der Waals surface area contributed by atoms with Crippen molar-refractivity contribution >= 4 is 33.8 Å². The molecule has 6 bridgehead atoms. The molecule has 0 saturated heterocycles. The molecule has 6 heterocycles. The second-order valence-corrected chi connectivity index (χ2v) is 17.8. The Morgan fingerprint density at radius 1 is 0.348 bits per heavy atom. The minimum absolute atomic E-state index is 0.176. The summed E-state index contributed by atoms with van der Waals surface area (Å²) in [6, 6.07) is 90.7. The van der Waals surface area contributed by atoms with Crippen molar-refractivity contribution in [2.75, 3.05) is 0 Å². The molecule has 69 heavy (non-hydrogen) atoms. The van der Waals surface area contributed by atoms with Gasteiger partial charge in [0.25, 0.3) is 0 Å². The van der Waals surface area contributed by atoms with Crippen LogP contribution in [0.5, 0.6) is 0 Å². The number of nitrogens with zero attached hydrogens (tertiary/aromatic N) is 4. The van der Waals surface area contributed by atoms with Gasteiger partial charge in [-0.25, -0.2) is 0 Å².